The Morgan fingerprint density at radius 2 is 1.83 bits per heavy atom. The largest absolute Gasteiger partial charge is 0.495 e. The molecule has 0 bridgehead atoms. The highest BCUT2D eigenvalue weighted by atomic mass is 35.5. The summed E-state index contributed by atoms with van der Waals surface area (Å²) in [6, 6.07) is 10.5. The predicted octanol–water partition coefficient (Wildman–Crippen LogP) is 5.43. The minimum absolute atomic E-state index is 0.0217. The summed E-state index contributed by atoms with van der Waals surface area (Å²) >= 11 is 19.9. The molecule has 2 aromatic rings. The number of methoxy groups -OCH3 is 1. The van der Waals surface area contributed by atoms with Crippen molar-refractivity contribution in [1.82, 2.24) is 0 Å². The van der Waals surface area contributed by atoms with Gasteiger partial charge in [-0.3, -0.25) is 9.69 Å². The summed E-state index contributed by atoms with van der Waals surface area (Å²) in [7, 11) is 1.56. The average Bonchev–Trinajstić information content (AvgIpc) is 2.88. The Bertz CT molecular complexity index is 769. The minimum atomic E-state index is -0.250. The zero-order valence-electron chi connectivity index (χ0n) is 12.1. The molecule has 1 unspecified atom stereocenters. The molecule has 1 saturated heterocycles. The molecule has 3 rings (SSSR count). The molecule has 1 fully saturated rings. The zero-order chi connectivity index (χ0) is 16.6. The van der Waals surface area contributed by atoms with Gasteiger partial charge in [-0.05, 0) is 30.3 Å². The Morgan fingerprint density at radius 3 is 2.52 bits per heavy atom. The van der Waals surface area contributed by atoms with Crippen molar-refractivity contribution in [2.75, 3.05) is 17.8 Å². The van der Waals surface area contributed by atoms with Gasteiger partial charge in [0.1, 0.15) is 11.1 Å². The number of nitrogens with zero attached hydrogens (tertiary/aromatic N) is 1. The van der Waals surface area contributed by atoms with Crippen molar-refractivity contribution < 1.29 is 9.53 Å². The standard InChI is InChI=1S/C16H12Cl3NO2S/c1-22-14-5-3-10(18)7-13(14)20-15(21)8-23-16(20)11-4-2-9(17)6-12(11)19/h2-7,16H,8H2,1H3. The number of thioether (sulfide) groups is 1. The Balaban J connectivity index is 2.09. The number of carbonyl (C=O) groups is 1. The van der Waals surface area contributed by atoms with Crippen LogP contribution in [0.4, 0.5) is 5.69 Å². The van der Waals surface area contributed by atoms with E-state index < -0.39 is 0 Å². The van der Waals surface area contributed by atoms with Gasteiger partial charge in [0.25, 0.3) is 0 Å². The molecule has 0 spiro atoms. The summed E-state index contributed by atoms with van der Waals surface area (Å²) in [6.45, 7) is 0. The Morgan fingerprint density at radius 1 is 1.13 bits per heavy atom. The van der Waals surface area contributed by atoms with Gasteiger partial charge in [0.2, 0.25) is 5.91 Å². The lowest BCUT2D eigenvalue weighted by Gasteiger charge is -2.26. The molecule has 1 aliphatic rings. The fraction of sp³-hybridized carbons (Fsp3) is 0.188. The zero-order valence-corrected chi connectivity index (χ0v) is 15.1. The molecular formula is C16H12Cl3NO2S. The highest BCUT2D eigenvalue weighted by molar-refractivity contribution is 8.00. The van der Waals surface area contributed by atoms with E-state index in [0.717, 1.165) is 5.56 Å². The summed E-state index contributed by atoms with van der Waals surface area (Å²) in [5.41, 5.74) is 1.46. The van der Waals surface area contributed by atoms with Crippen LogP contribution in [-0.4, -0.2) is 18.8 Å². The number of benzene rings is 2. The van der Waals surface area contributed by atoms with Crippen LogP contribution in [0.1, 0.15) is 10.9 Å². The molecule has 0 N–H and O–H groups in total. The third kappa shape index (κ3) is 3.26. The number of hydrogen-bond acceptors (Lipinski definition) is 3. The first-order valence-electron chi connectivity index (χ1n) is 6.73. The maximum absolute atomic E-state index is 12.5. The van der Waals surface area contributed by atoms with Crippen LogP contribution in [0.3, 0.4) is 0 Å². The van der Waals surface area contributed by atoms with Crippen LogP contribution in [0.5, 0.6) is 5.75 Å². The van der Waals surface area contributed by atoms with Crippen molar-refractivity contribution in [2.45, 2.75) is 5.37 Å². The highest BCUT2D eigenvalue weighted by Gasteiger charge is 2.36. The van der Waals surface area contributed by atoms with Crippen molar-refractivity contribution in [3.63, 3.8) is 0 Å². The topological polar surface area (TPSA) is 29.5 Å². The molecule has 0 radical (unpaired) electrons. The first-order chi connectivity index (χ1) is 11.0. The van der Waals surface area contributed by atoms with E-state index in [0.29, 0.717) is 32.3 Å². The number of hydrogen-bond donors (Lipinski definition) is 0. The van der Waals surface area contributed by atoms with Gasteiger partial charge in [-0.15, -0.1) is 11.8 Å². The average molecular weight is 389 g/mol. The van der Waals surface area contributed by atoms with Gasteiger partial charge >= 0.3 is 0 Å². The fourth-order valence-corrected chi connectivity index (χ4v) is 4.42. The minimum Gasteiger partial charge on any atom is -0.495 e. The lowest BCUT2D eigenvalue weighted by Crippen LogP contribution is -2.28. The molecular weight excluding hydrogens is 377 g/mol. The van der Waals surface area contributed by atoms with Crippen LogP contribution in [0.25, 0.3) is 0 Å². The summed E-state index contributed by atoms with van der Waals surface area (Å²) < 4.78 is 5.38. The second-order valence-corrected chi connectivity index (χ2v) is 7.26. The van der Waals surface area contributed by atoms with E-state index in [1.807, 2.05) is 6.07 Å². The number of anilines is 1. The van der Waals surface area contributed by atoms with Crippen molar-refractivity contribution in [3.8, 4) is 5.75 Å². The van der Waals surface area contributed by atoms with E-state index in [1.165, 1.54) is 11.8 Å². The lowest BCUT2D eigenvalue weighted by molar-refractivity contribution is -0.115. The predicted molar refractivity (Wildman–Crippen MR) is 97.2 cm³/mol. The van der Waals surface area contributed by atoms with Gasteiger partial charge in [0, 0.05) is 20.6 Å². The summed E-state index contributed by atoms with van der Waals surface area (Å²) in [6.07, 6.45) is 0. The molecule has 3 nitrogen and oxygen atoms in total. The smallest absolute Gasteiger partial charge is 0.238 e. The third-order valence-corrected chi connectivity index (χ3v) is 5.49. The van der Waals surface area contributed by atoms with Crippen molar-refractivity contribution >= 4 is 58.2 Å². The van der Waals surface area contributed by atoms with Crippen LogP contribution in [-0.2, 0) is 4.79 Å². The molecule has 120 valence electrons. The van der Waals surface area contributed by atoms with Crippen LogP contribution in [0.15, 0.2) is 36.4 Å². The van der Waals surface area contributed by atoms with Crippen LogP contribution in [0, 0.1) is 0 Å². The molecule has 23 heavy (non-hydrogen) atoms. The van der Waals surface area contributed by atoms with Gasteiger partial charge in [-0.1, -0.05) is 40.9 Å². The van der Waals surface area contributed by atoms with E-state index in [9.17, 15) is 4.79 Å². The maximum atomic E-state index is 12.5. The molecule has 7 heteroatoms. The molecule has 0 aromatic heterocycles. The summed E-state index contributed by atoms with van der Waals surface area (Å²) in [4.78, 5) is 14.1. The fourth-order valence-electron chi connectivity index (χ4n) is 2.47. The molecule has 1 amide bonds. The molecule has 2 aromatic carbocycles. The third-order valence-electron chi connectivity index (χ3n) is 3.50. The number of carbonyl (C=O) groups excluding carboxylic acids is 1. The normalized spacial score (nSPS) is 17.7. The van der Waals surface area contributed by atoms with Gasteiger partial charge in [-0.25, -0.2) is 0 Å². The Labute approximate surface area is 153 Å². The monoisotopic (exact) mass is 387 g/mol. The second-order valence-electron chi connectivity index (χ2n) is 4.91. The van der Waals surface area contributed by atoms with E-state index in [4.69, 9.17) is 39.5 Å². The molecule has 1 aliphatic heterocycles. The van der Waals surface area contributed by atoms with Gasteiger partial charge in [0.15, 0.2) is 0 Å². The second kappa shape index (κ2) is 6.81. The van der Waals surface area contributed by atoms with E-state index in [1.54, 1.807) is 42.3 Å². The first kappa shape index (κ1) is 16.8. The Hall–Kier alpha value is -1.07. The van der Waals surface area contributed by atoms with Crippen LogP contribution >= 0.6 is 46.6 Å². The van der Waals surface area contributed by atoms with Gasteiger partial charge in [0.05, 0.1) is 18.6 Å². The SMILES string of the molecule is COc1ccc(Cl)cc1N1C(=O)CSC1c1ccc(Cl)cc1Cl. The first-order valence-corrected chi connectivity index (χ1v) is 8.91. The number of rotatable bonds is 3. The van der Waals surface area contributed by atoms with Crippen LogP contribution in [0.2, 0.25) is 15.1 Å². The lowest BCUT2D eigenvalue weighted by atomic mass is 10.1. The summed E-state index contributed by atoms with van der Waals surface area (Å²) in [5.74, 6) is 0.922. The van der Waals surface area contributed by atoms with Crippen LogP contribution < -0.4 is 9.64 Å². The molecule has 1 atom stereocenters. The van der Waals surface area contributed by atoms with Gasteiger partial charge < -0.3 is 4.74 Å². The van der Waals surface area contributed by atoms with E-state index in [2.05, 4.69) is 0 Å². The maximum Gasteiger partial charge on any atom is 0.238 e. The molecule has 0 saturated carbocycles. The van der Waals surface area contributed by atoms with Crippen molar-refractivity contribution in [1.29, 1.82) is 0 Å². The van der Waals surface area contributed by atoms with E-state index >= 15 is 0 Å². The molecule has 0 aliphatic carbocycles. The number of halogens is 3. The van der Waals surface area contributed by atoms with Gasteiger partial charge in [-0.2, -0.15) is 0 Å². The summed E-state index contributed by atoms with van der Waals surface area (Å²) in [5, 5.41) is 1.36. The number of ether oxygens (including phenoxy) is 1. The van der Waals surface area contributed by atoms with E-state index in [-0.39, 0.29) is 11.3 Å². The van der Waals surface area contributed by atoms with Crippen molar-refractivity contribution in [2.24, 2.45) is 0 Å². The van der Waals surface area contributed by atoms with Crippen molar-refractivity contribution in [3.05, 3.63) is 57.0 Å². The highest BCUT2D eigenvalue weighted by Crippen LogP contribution is 2.47. The Kier molecular flexibility index (Phi) is 4.97. The quantitative estimate of drug-likeness (QED) is 0.701. The number of amides is 1. The molecule has 1 heterocycles.